The maximum Gasteiger partial charge on any atom is 0.123 e. The molecule has 2 aromatic rings. The summed E-state index contributed by atoms with van der Waals surface area (Å²) in [6.45, 7) is 0.829. The molecule has 16 heavy (non-hydrogen) atoms. The first kappa shape index (κ1) is 11.4. The molecule has 1 N–H and O–H groups in total. The molecule has 1 aromatic heterocycles. The van der Waals surface area contributed by atoms with Crippen molar-refractivity contribution in [2.24, 2.45) is 7.05 Å². The van der Waals surface area contributed by atoms with Crippen LogP contribution in [0.25, 0.3) is 10.9 Å². The van der Waals surface area contributed by atoms with Crippen LogP contribution in [0, 0.1) is 5.82 Å². The smallest absolute Gasteiger partial charge is 0.123 e. The Kier molecular flexibility index (Phi) is 3.17. The summed E-state index contributed by atoms with van der Waals surface area (Å²) in [4.78, 5) is 0. The van der Waals surface area contributed by atoms with Gasteiger partial charge in [0.15, 0.2) is 0 Å². The number of hydrogen-bond acceptors (Lipinski definition) is 1. The van der Waals surface area contributed by atoms with E-state index < -0.39 is 0 Å². The predicted octanol–water partition coefficient (Wildman–Crippen LogP) is 2.73. The quantitative estimate of drug-likeness (QED) is 0.873. The van der Waals surface area contributed by atoms with Crippen molar-refractivity contribution >= 4 is 22.5 Å². The molecule has 0 spiro atoms. The Balaban J connectivity index is 2.61. The van der Waals surface area contributed by atoms with Crippen LogP contribution in [0.15, 0.2) is 18.2 Å². The van der Waals surface area contributed by atoms with Gasteiger partial charge in [0, 0.05) is 18.0 Å². The van der Waals surface area contributed by atoms with E-state index in [0.717, 1.165) is 29.4 Å². The third kappa shape index (κ3) is 1.81. The summed E-state index contributed by atoms with van der Waals surface area (Å²) in [5, 5.41) is 4.67. The lowest BCUT2D eigenvalue weighted by atomic mass is 10.1. The van der Waals surface area contributed by atoms with E-state index in [2.05, 4.69) is 5.32 Å². The topological polar surface area (TPSA) is 17.0 Å². The number of nitrogens with zero attached hydrogens (tertiary/aromatic N) is 1. The summed E-state index contributed by atoms with van der Waals surface area (Å²) < 4.78 is 15.1. The summed E-state index contributed by atoms with van der Waals surface area (Å²) in [5.74, 6) is -0.222. The Labute approximate surface area is 99.0 Å². The molecule has 2 rings (SSSR count). The Morgan fingerprint density at radius 2 is 2.19 bits per heavy atom. The Bertz CT molecular complexity index is 519. The van der Waals surface area contributed by atoms with Gasteiger partial charge in [0.25, 0.3) is 0 Å². The monoisotopic (exact) mass is 240 g/mol. The molecule has 0 amide bonds. The molecule has 0 aliphatic rings. The van der Waals surface area contributed by atoms with E-state index in [-0.39, 0.29) is 5.82 Å². The number of nitrogens with one attached hydrogen (secondary N) is 1. The van der Waals surface area contributed by atoms with Gasteiger partial charge in [0.2, 0.25) is 0 Å². The van der Waals surface area contributed by atoms with Crippen LogP contribution in [0.3, 0.4) is 0 Å². The molecule has 0 saturated carbocycles. The van der Waals surface area contributed by atoms with E-state index in [1.807, 2.05) is 18.7 Å². The zero-order valence-electron chi connectivity index (χ0n) is 9.35. The first-order valence-corrected chi connectivity index (χ1v) is 5.60. The van der Waals surface area contributed by atoms with Crippen molar-refractivity contribution in [1.82, 2.24) is 9.88 Å². The summed E-state index contributed by atoms with van der Waals surface area (Å²) in [6, 6.07) is 4.77. The summed E-state index contributed by atoms with van der Waals surface area (Å²) in [7, 11) is 3.78. The standard InChI is InChI=1S/C12H14ClFN2/c1-15-6-5-9-10-7-8(14)3-4-11(10)16(2)12(9)13/h3-4,7,15H,5-6H2,1-2H3. The molecular formula is C12H14ClFN2. The van der Waals surface area contributed by atoms with Gasteiger partial charge in [-0.25, -0.2) is 4.39 Å². The number of benzene rings is 1. The highest BCUT2D eigenvalue weighted by Crippen LogP contribution is 2.29. The van der Waals surface area contributed by atoms with Crippen molar-refractivity contribution in [2.75, 3.05) is 13.6 Å². The molecule has 86 valence electrons. The lowest BCUT2D eigenvalue weighted by Crippen LogP contribution is -2.10. The Morgan fingerprint density at radius 1 is 1.44 bits per heavy atom. The molecule has 1 aromatic carbocycles. The molecule has 0 aliphatic carbocycles. The van der Waals surface area contributed by atoms with E-state index in [1.165, 1.54) is 6.07 Å². The first-order valence-electron chi connectivity index (χ1n) is 5.22. The molecular weight excluding hydrogens is 227 g/mol. The molecule has 2 nitrogen and oxygen atoms in total. The number of aryl methyl sites for hydroxylation is 1. The second-order valence-corrected chi connectivity index (χ2v) is 4.20. The van der Waals surface area contributed by atoms with Crippen LogP contribution >= 0.6 is 11.6 Å². The highest BCUT2D eigenvalue weighted by molar-refractivity contribution is 6.32. The van der Waals surface area contributed by atoms with Crippen molar-refractivity contribution in [3.05, 3.63) is 34.7 Å². The van der Waals surface area contributed by atoms with Crippen molar-refractivity contribution < 1.29 is 4.39 Å². The molecule has 0 unspecified atom stereocenters. The average Bonchev–Trinajstić information content (AvgIpc) is 2.50. The van der Waals surface area contributed by atoms with Gasteiger partial charge in [-0.2, -0.15) is 0 Å². The Hall–Kier alpha value is -1.06. The van der Waals surface area contributed by atoms with Crippen LogP contribution in [0.4, 0.5) is 4.39 Å². The second-order valence-electron chi connectivity index (χ2n) is 3.84. The van der Waals surface area contributed by atoms with E-state index >= 15 is 0 Å². The molecule has 1 heterocycles. The van der Waals surface area contributed by atoms with Crippen LogP contribution in [-0.2, 0) is 13.5 Å². The van der Waals surface area contributed by atoms with Gasteiger partial charge < -0.3 is 9.88 Å². The molecule has 0 radical (unpaired) electrons. The minimum absolute atomic E-state index is 0.222. The molecule has 0 saturated heterocycles. The third-order valence-corrected chi connectivity index (χ3v) is 3.30. The maximum absolute atomic E-state index is 13.2. The van der Waals surface area contributed by atoms with Crippen LogP contribution in [0.1, 0.15) is 5.56 Å². The highest BCUT2D eigenvalue weighted by atomic mass is 35.5. The fraction of sp³-hybridized carbons (Fsp3) is 0.333. The van der Waals surface area contributed by atoms with E-state index in [0.29, 0.717) is 5.15 Å². The first-order chi connectivity index (χ1) is 7.65. The van der Waals surface area contributed by atoms with Gasteiger partial charge in [-0.15, -0.1) is 0 Å². The van der Waals surface area contributed by atoms with Gasteiger partial charge in [-0.1, -0.05) is 11.6 Å². The van der Waals surface area contributed by atoms with E-state index in [9.17, 15) is 4.39 Å². The normalized spacial score (nSPS) is 11.2. The van der Waals surface area contributed by atoms with Gasteiger partial charge >= 0.3 is 0 Å². The summed E-state index contributed by atoms with van der Waals surface area (Å²) in [6.07, 6.45) is 0.802. The number of halogens is 2. The number of likely N-dealkylation sites (N-methyl/N-ethyl adjacent to an activating group) is 1. The van der Waals surface area contributed by atoms with Crippen LogP contribution < -0.4 is 5.32 Å². The summed E-state index contributed by atoms with van der Waals surface area (Å²) in [5.41, 5.74) is 1.98. The second kappa shape index (κ2) is 4.44. The average molecular weight is 241 g/mol. The van der Waals surface area contributed by atoms with Crippen molar-refractivity contribution in [2.45, 2.75) is 6.42 Å². The van der Waals surface area contributed by atoms with E-state index in [4.69, 9.17) is 11.6 Å². The van der Waals surface area contributed by atoms with Crippen molar-refractivity contribution in [1.29, 1.82) is 0 Å². The van der Waals surface area contributed by atoms with Crippen molar-refractivity contribution in [3.8, 4) is 0 Å². The molecule has 0 aliphatic heterocycles. The number of hydrogen-bond donors (Lipinski definition) is 1. The fourth-order valence-corrected chi connectivity index (χ4v) is 2.24. The molecule has 0 bridgehead atoms. The highest BCUT2D eigenvalue weighted by Gasteiger charge is 2.13. The number of fused-ring (bicyclic) bond motifs is 1. The lowest BCUT2D eigenvalue weighted by molar-refractivity contribution is 0.629. The van der Waals surface area contributed by atoms with E-state index in [1.54, 1.807) is 12.1 Å². The molecule has 0 fully saturated rings. The van der Waals surface area contributed by atoms with Gasteiger partial charge in [-0.05, 0) is 43.8 Å². The SMILES string of the molecule is CNCCc1c(Cl)n(C)c2ccc(F)cc12. The minimum Gasteiger partial charge on any atom is -0.335 e. The fourth-order valence-electron chi connectivity index (χ4n) is 1.95. The molecule has 4 heteroatoms. The third-order valence-electron chi connectivity index (χ3n) is 2.81. The van der Waals surface area contributed by atoms with Crippen LogP contribution in [0.2, 0.25) is 5.15 Å². The largest absolute Gasteiger partial charge is 0.335 e. The van der Waals surface area contributed by atoms with Crippen LogP contribution in [-0.4, -0.2) is 18.2 Å². The maximum atomic E-state index is 13.2. The lowest BCUT2D eigenvalue weighted by Gasteiger charge is -1.99. The zero-order valence-corrected chi connectivity index (χ0v) is 10.1. The minimum atomic E-state index is -0.222. The van der Waals surface area contributed by atoms with Crippen molar-refractivity contribution in [3.63, 3.8) is 0 Å². The van der Waals surface area contributed by atoms with Crippen LogP contribution in [0.5, 0.6) is 0 Å². The molecule has 0 atom stereocenters. The number of rotatable bonds is 3. The zero-order chi connectivity index (χ0) is 11.7. The van der Waals surface area contributed by atoms with Gasteiger partial charge in [-0.3, -0.25) is 0 Å². The predicted molar refractivity (Wildman–Crippen MR) is 65.5 cm³/mol. The van der Waals surface area contributed by atoms with Gasteiger partial charge in [0.1, 0.15) is 11.0 Å². The Morgan fingerprint density at radius 3 is 2.88 bits per heavy atom. The summed E-state index contributed by atoms with van der Waals surface area (Å²) >= 11 is 6.24. The number of aromatic nitrogens is 1. The van der Waals surface area contributed by atoms with Gasteiger partial charge in [0.05, 0.1) is 0 Å².